The molecule has 0 spiro atoms. The van der Waals surface area contributed by atoms with Crippen LogP contribution in [0.5, 0.6) is 11.5 Å². The van der Waals surface area contributed by atoms with Crippen LogP contribution < -0.4 is 9.47 Å². The van der Waals surface area contributed by atoms with E-state index in [2.05, 4.69) is 0 Å². The van der Waals surface area contributed by atoms with Crippen LogP contribution >= 0.6 is 0 Å². The van der Waals surface area contributed by atoms with Gasteiger partial charge in [0.25, 0.3) is 0 Å². The van der Waals surface area contributed by atoms with Crippen molar-refractivity contribution >= 4 is 5.78 Å². The predicted octanol–water partition coefficient (Wildman–Crippen LogP) is 2.07. The van der Waals surface area contributed by atoms with Gasteiger partial charge in [0.1, 0.15) is 11.5 Å². The highest BCUT2D eigenvalue weighted by atomic mass is 16.5. The van der Waals surface area contributed by atoms with Crippen LogP contribution in [0, 0.1) is 0 Å². The molecule has 0 N–H and O–H groups in total. The summed E-state index contributed by atoms with van der Waals surface area (Å²) in [5.74, 6) is 1.44. The first kappa shape index (κ1) is 13.1. The lowest BCUT2D eigenvalue weighted by molar-refractivity contribution is -0.115. The van der Waals surface area contributed by atoms with Gasteiger partial charge in [-0.15, -0.1) is 0 Å². The van der Waals surface area contributed by atoms with E-state index in [-0.39, 0.29) is 5.78 Å². The summed E-state index contributed by atoms with van der Waals surface area (Å²) in [5, 5.41) is 0. The van der Waals surface area contributed by atoms with Gasteiger partial charge in [-0.2, -0.15) is 0 Å². The molecule has 4 nitrogen and oxygen atoms in total. The fourth-order valence-electron chi connectivity index (χ4n) is 1.22. The fourth-order valence-corrected chi connectivity index (χ4v) is 1.22. The Kier molecular flexibility index (Phi) is 4.57. The predicted molar refractivity (Wildman–Crippen MR) is 66.1 cm³/mol. The minimum atomic E-state index is -0.124. The number of benzene rings is 1. The third-order valence-electron chi connectivity index (χ3n) is 1.99. The highest BCUT2D eigenvalue weighted by molar-refractivity contribution is 5.91. The Morgan fingerprint density at radius 1 is 1.29 bits per heavy atom. The third kappa shape index (κ3) is 4.18. The van der Waals surface area contributed by atoms with E-state index in [1.165, 1.54) is 6.92 Å². The minimum Gasteiger partial charge on any atom is -0.497 e. The molecule has 0 unspecified atom stereocenters. The molecule has 1 aromatic rings. The van der Waals surface area contributed by atoms with Crippen molar-refractivity contribution in [2.75, 3.05) is 21.2 Å². The number of rotatable bonds is 5. The zero-order valence-electron chi connectivity index (χ0n) is 10.6. The number of hydrogen-bond acceptors (Lipinski definition) is 4. The van der Waals surface area contributed by atoms with Crippen molar-refractivity contribution in [3.8, 4) is 11.5 Å². The molecule has 0 amide bonds. The first-order valence-electron chi connectivity index (χ1n) is 5.24. The summed E-state index contributed by atoms with van der Waals surface area (Å²) < 4.78 is 10.6. The summed E-state index contributed by atoms with van der Waals surface area (Å²) in [6, 6.07) is 7.12. The maximum atomic E-state index is 11.4. The largest absolute Gasteiger partial charge is 0.497 e. The number of nitrogens with zero attached hydrogens (tertiary/aromatic N) is 1. The van der Waals surface area contributed by atoms with Crippen molar-refractivity contribution in [1.29, 1.82) is 0 Å². The molecular weight excluding hydrogens is 218 g/mol. The third-order valence-corrected chi connectivity index (χ3v) is 1.99. The van der Waals surface area contributed by atoms with E-state index in [1.807, 2.05) is 26.2 Å². The normalized spacial score (nSPS) is 10.9. The van der Waals surface area contributed by atoms with Crippen LogP contribution in [0.25, 0.3) is 0 Å². The van der Waals surface area contributed by atoms with E-state index in [9.17, 15) is 4.79 Å². The standard InChI is InChI=1S/C13H17NO3/c1-10(15)13(9-14(2)3)17-12-7-5-6-11(8-12)16-4/h5-9H,1-4H3/b13-9-. The zero-order chi connectivity index (χ0) is 12.8. The number of carbonyl (C=O) groups is 1. The van der Waals surface area contributed by atoms with Gasteiger partial charge in [-0.1, -0.05) is 6.07 Å². The van der Waals surface area contributed by atoms with Crippen LogP contribution in [0.15, 0.2) is 36.2 Å². The van der Waals surface area contributed by atoms with E-state index in [4.69, 9.17) is 9.47 Å². The quantitative estimate of drug-likeness (QED) is 0.578. The Labute approximate surface area is 101 Å². The van der Waals surface area contributed by atoms with E-state index < -0.39 is 0 Å². The molecule has 0 aliphatic carbocycles. The zero-order valence-corrected chi connectivity index (χ0v) is 10.6. The average Bonchev–Trinajstić information content (AvgIpc) is 2.27. The van der Waals surface area contributed by atoms with Crippen molar-refractivity contribution in [3.05, 3.63) is 36.2 Å². The van der Waals surface area contributed by atoms with Gasteiger partial charge in [0.05, 0.1) is 7.11 Å². The van der Waals surface area contributed by atoms with E-state index in [0.29, 0.717) is 17.3 Å². The number of allylic oxidation sites excluding steroid dienone is 1. The molecule has 17 heavy (non-hydrogen) atoms. The lowest BCUT2D eigenvalue weighted by Crippen LogP contribution is -2.11. The second kappa shape index (κ2) is 5.94. The van der Waals surface area contributed by atoms with Crippen molar-refractivity contribution in [2.45, 2.75) is 6.92 Å². The molecule has 0 fully saturated rings. The molecule has 1 aromatic carbocycles. The summed E-state index contributed by atoms with van der Waals surface area (Å²) in [7, 11) is 5.25. The van der Waals surface area contributed by atoms with Gasteiger partial charge in [0, 0.05) is 33.3 Å². The molecule has 0 aromatic heterocycles. The van der Waals surface area contributed by atoms with E-state index >= 15 is 0 Å². The van der Waals surface area contributed by atoms with E-state index in [0.717, 1.165) is 0 Å². The first-order valence-corrected chi connectivity index (χ1v) is 5.24. The molecule has 0 bridgehead atoms. The molecular formula is C13H17NO3. The highest BCUT2D eigenvalue weighted by Gasteiger charge is 2.07. The maximum Gasteiger partial charge on any atom is 0.196 e. The Morgan fingerprint density at radius 2 is 1.94 bits per heavy atom. The molecule has 0 heterocycles. The number of carbonyl (C=O) groups excluding carboxylic acids is 1. The van der Waals surface area contributed by atoms with Crippen LogP contribution in [0.2, 0.25) is 0 Å². The number of ketones is 1. The average molecular weight is 235 g/mol. The van der Waals surface area contributed by atoms with Gasteiger partial charge in [-0.25, -0.2) is 0 Å². The molecule has 4 heteroatoms. The molecule has 0 atom stereocenters. The highest BCUT2D eigenvalue weighted by Crippen LogP contribution is 2.21. The molecule has 1 rings (SSSR count). The summed E-state index contributed by atoms with van der Waals surface area (Å²) in [6.07, 6.45) is 1.64. The second-order valence-electron chi connectivity index (χ2n) is 3.79. The van der Waals surface area contributed by atoms with Gasteiger partial charge in [0.2, 0.25) is 0 Å². The van der Waals surface area contributed by atoms with Crippen molar-refractivity contribution in [1.82, 2.24) is 4.90 Å². The van der Waals surface area contributed by atoms with Crippen LogP contribution in [-0.4, -0.2) is 31.9 Å². The lowest BCUT2D eigenvalue weighted by Gasteiger charge is -2.11. The van der Waals surface area contributed by atoms with E-state index in [1.54, 1.807) is 30.3 Å². The maximum absolute atomic E-state index is 11.4. The van der Waals surface area contributed by atoms with Crippen LogP contribution in [0.3, 0.4) is 0 Å². The molecule has 0 radical (unpaired) electrons. The van der Waals surface area contributed by atoms with Crippen molar-refractivity contribution < 1.29 is 14.3 Å². The number of ether oxygens (including phenoxy) is 2. The Hall–Kier alpha value is -1.97. The van der Waals surface area contributed by atoms with Gasteiger partial charge < -0.3 is 14.4 Å². The summed E-state index contributed by atoms with van der Waals surface area (Å²) in [5.41, 5.74) is 0. The summed E-state index contributed by atoms with van der Waals surface area (Å²) in [4.78, 5) is 13.1. The number of methoxy groups -OCH3 is 1. The topological polar surface area (TPSA) is 38.8 Å². The van der Waals surface area contributed by atoms with Crippen LogP contribution in [0.1, 0.15) is 6.92 Å². The second-order valence-corrected chi connectivity index (χ2v) is 3.79. The first-order chi connectivity index (χ1) is 8.02. The molecule has 0 aliphatic heterocycles. The molecule has 0 saturated heterocycles. The van der Waals surface area contributed by atoms with Gasteiger partial charge in [-0.3, -0.25) is 4.79 Å². The Balaban J connectivity index is 2.90. The molecule has 92 valence electrons. The molecule has 0 aliphatic rings. The van der Waals surface area contributed by atoms with Crippen molar-refractivity contribution in [3.63, 3.8) is 0 Å². The van der Waals surface area contributed by atoms with Gasteiger partial charge in [0.15, 0.2) is 11.5 Å². The van der Waals surface area contributed by atoms with Crippen LogP contribution in [0.4, 0.5) is 0 Å². The smallest absolute Gasteiger partial charge is 0.196 e. The lowest BCUT2D eigenvalue weighted by atomic mass is 10.3. The molecule has 0 saturated carbocycles. The van der Waals surface area contributed by atoms with Crippen LogP contribution in [-0.2, 0) is 4.79 Å². The van der Waals surface area contributed by atoms with Gasteiger partial charge in [-0.05, 0) is 12.1 Å². The Morgan fingerprint density at radius 3 is 2.47 bits per heavy atom. The van der Waals surface area contributed by atoms with Gasteiger partial charge >= 0.3 is 0 Å². The minimum absolute atomic E-state index is 0.124. The number of hydrogen-bond donors (Lipinski definition) is 0. The summed E-state index contributed by atoms with van der Waals surface area (Å²) in [6.45, 7) is 1.47. The Bertz CT molecular complexity index is 424. The van der Waals surface area contributed by atoms with Crippen molar-refractivity contribution in [2.24, 2.45) is 0 Å². The summed E-state index contributed by atoms with van der Waals surface area (Å²) >= 11 is 0. The SMILES string of the molecule is COc1cccc(O/C(=C\N(C)C)C(C)=O)c1. The monoisotopic (exact) mass is 235 g/mol. The number of Topliss-reactive ketones (excluding diaryl/α,β-unsaturated/α-hetero) is 1. The fraction of sp³-hybridized carbons (Fsp3) is 0.308.